The molecule has 1 aromatic carbocycles. The zero-order valence-electron chi connectivity index (χ0n) is 14.8. The summed E-state index contributed by atoms with van der Waals surface area (Å²) >= 11 is 6.36. The summed E-state index contributed by atoms with van der Waals surface area (Å²) in [6.45, 7) is -0.472. The number of aliphatic hydroxyl groups is 4. The number of rotatable bonds is 4. The Morgan fingerprint density at radius 2 is 1.89 bits per heavy atom. The molecule has 0 unspecified atom stereocenters. The molecule has 1 aliphatic rings. The molecule has 1 saturated heterocycles. The van der Waals surface area contributed by atoms with Crippen LogP contribution in [0.25, 0.3) is 5.65 Å². The Bertz CT molecular complexity index is 979. The molecule has 0 saturated carbocycles. The van der Waals surface area contributed by atoms with Crippen LogP contribution in [0.1, 0.15) is 22.8 Å². The third-order valence-electron chi connectivity index (χ3n) is 5.02. The van der Waals surface area contributed by atoms with Crippen LogP contribution in [0.2, 0.25) is 5.02 Å². The number of aliphatic hydroxyl groups excluding tert-OH is 4. The minimum Gasteiger partial charge on any atom is -0.394 e. The lowest BCUT2D eigenvalue weighted by Crippen LogP contribution is -2.55. The molecule has 3 aromatic rings. The van der Waals surface area contributed by atoms with Gasteiger partial charge in [-0.15, -0.1) is 0 Å². The summed E-state index contributed by atoms with van der Waals surface area (Å²) in [4.78, 5) is 4.11. The Kier molecular flexibility index (Phi) is 5.33. The van der Waals surface area contributed by atoms with E-state index in [2.05, 4.69) is 10.1 Å². The van der Waals surface area contributed by atoms with Crippen LogP contribution < -0.4 is 0 Å². The number of ether oxygens (including phenoxy) is 1. The van der Waals surface area contributed by atoms with Crippen molar-refractivity contribution in [2.75, 3.05) is 6.61 Å². The molecule has 4 rings (SSSR count). The van der Waals surface area contributed by atoms with Crippen molar-refractivity contribution in [1.29, 1.82) is 0 Å². The summed E-state index contributed by atoms with van der Waals surface area (Å²) < 4.78 is 7.30. The van der Waals surface area contributed by atoms with E-state index in [1.807, 2.05) is 18.3 Å². The van der Waals surface area contributed by atoms with E-state index in [0.717, 1.165) is 16.8 Å². The molecule has 0 bridgehead atoms. The van der Waals surface area contributed by atoms with Crippen molar-refractivity contribution in [3.05, 3.63) is 64.6 Å². The van der Waals surface area contributed by atoms with Gasteiger partial charge in [-0.3, -0.25) is 0 Å². The Labute approximate surface area is 165 Å². The first-order valence-electron chi connectivity index (χ1n) is 8.85. The molecule has 2 aromatic heterocycles. The standard InChI is InChI=1S/C19H20ClN3O5/c20-13-3-2-11(19-18(27)17(26)16(25)14(8-24)28-19)6-12(13)5-10-1-4-15-21-9-22-23(15)7-10/h1-4,6-7,9,14,16-19,24-27H,5,8H2/t14-,16-,17+,18-,19+/m1/s1. The van der Waals surface area contributed by atoms with Gasteiger partial charge in [-0.25, -0.2) is 9.50 Å². The monoisotopic (exact) mass is 405 g/mol. The Morgan fingerprint density at radius 3 is 2.68 bits per heavy atom. The molecule has 9 heteroatoms. The van der Waals surface area contributed by atoms with E-state index in [-0.39, 0.29) is 0 Å². The van der Waals surface area contributed by atoms with Crippen LogP contribution in [-0.4, -0.2) is 66.0 Å². The molecule has 8 nitrogen and oxygen atoms in total. The van der Waals surface area contributed by atoms with Crippen molar-refractivity contribution in [3.8, 4) is 0 Å². The summed E-state index contributed by atoms with van der Waals surface area (Å²) in [6, 6.07) is 8.97. The normalized spacial score (nSPS) is 28.0. The first kappa shape index (κ1) is 19.3. The van der Waals surface area contributed by atoms with Crippen LogP contribution in [0.15, 0.2) is 42.9 Å². The quantitative estimate of drug-likeness (QED) is 0.498. The van der Waals surface area contributed by atoms with Crippen LogP contribution in [0.5, 0.6) is 0 Å². The maximum Gasteiger partial charge on any atom is 0.155 e. The number of benzene rings is 1. The molecule has 0 spiro atoms. The third kappa shape index (κ3) is 3.50. The molecule has 1 fully saturated rings. The molecule has 0 amide bonds. The van der Waals surface area contributed by atoms with Crippen molar-refractivity contribution in [1.82, 2.24) is 14.6 Å². The first-order chi connectivity index (χ1) is 13.5. The fourth-order valence-electron chi connectivity index (χ4n) is 3.47. The van der Waals surface area contributed by atoms with Gasteiger partial charge >= 0.3 is 0 Å². The van der Waals surface area contributed by atoms with E-state index in [9.17, 15) is 20.4 Å². The Hall–Kier alpha value is -2.07. The lowest BCUT2D eigenvalue weighted by atomic mass is 9.90. The first-order valence-corrected chi connectivity index (χ1v) is 9.23. The number of hydrogen-bond donors (Lipinski definition) is 4. The molecule has 148 valence electrons. The summed E-state index contributed by atoms with van der Waals surface area (Å²) in [5.74, 6) is 0. The van der Waals surface area contributed by atoms with Gasteiger partial charge in [0.2, 0.25) is 0 Å². The zero-order chi connectivity index (χ0) is 19.8. The summed E-state index contributed by atoms with van der Waals surface area (Å²) in [5, 5.41) is 44.4. The smallest absolute Gasteiger partial charge is 0.155 e. The molecule has 0 radical (unpaired) electrons. The number of nitrogens with zero attached hydrogens (tertiary/aromatic N) is 3. The Morgan fingerprint density at radius 1 is 1.07 bits per heavy atom. The van der Waals surface area contributed by atoms with Crippen molar-refractivity contribution >= 4 is 17.2 Å². The predicted octanol–water partition coefficient (Wildman–Crippen LogP) is 0.488. The molecule has 1 aliphatic heterocycles. The summed E-state index contributed by atoms with van der Waals surface area (Å²) in [6.07, 6.45) is -2.16. The molecular formula is C19H20ClN3O5. The lowest BCUT2D eigenvalue weighted by Gasteiger charge is -2.40. The topological polar surface area (TPSA) is 120 Å². The number of fused-ring (bicyclic) bond motifs is 1. The van der Waals surface area contributed by atoms with Gasteiger partial charge in [-0.1, -0.05) is 29.8 Å². The predicted molar refractivity (Wildman–Crippen MR) is 100.0 cm³/mol. The van der Waals surface area contributed by atoms with Crippen LogP contribution >= 0.6 is 11.6 Å². The van der Waals surface area contributed by atoms with Crippen molar-refractivity contribution in [2.24, 2.45) is 0 Å². The minimum absolute atomic E-state index is 0.472. The maximum atomic E-state index is 10.4. The largest absolute Gasteiger partial charge is 0.394 e. The fourth-order valence-corrected chi connectivity index (χ4v) is 3.65. The second-order valence-corrected chi connectivity index (χ2v) is 7.28. The van der Waals surface area contributed by atoms with Crippen molar-refractivity contribution in [2.45, 2.75) is 36.9 Å². The second-order valence-electron chi connectivity index (χ2n) is 6.88. The summed E-state index contributed by atoms with van der Waals surface area (Å²) in [5.41, 5.74) is 3.10. The van der Waals surface area contributed by atoms with Gasteiger partial charge in [0.15, 0.2) is 5.65 Å². The molecular weight excluding hydrogens is 386 g/mol. The fraction of sp³-hybridized carbons (Fsp3) is 0.368. The molecule has 4 N–H and O–H groups in total. The van der Waals surface area contributed by atoms with E-state index in [1.165, 1.54) is 6.33 Å². The molecule has 3 heterocycles. The number of pyridine rings is 1. The van der Waals surface area contributed by atoms with Gasteiger partial charge in [0.25, 0.3) is 0 Å². The molecule has 0 aliphatic carbocycles. The van der Waals surface area contributed by atoms with E-state index < -0.39 is 37.1 Å². The Balaban J connectivity index is 1.62. The van der Waals surface area contributed by atoms with Crippen LogP contribution in [0.3, 0.4) is 0 Å². The van der Waals surface area contributed by atoms with Gasteiger partial charge in [-0.2, -0.15) is 5.10 Å². The van der Waals surface area contributed by atoms with E-state index >= 15 is 0 Å². The van der Waals surface area contributed by atoms with E-state index in [4.69, 9.17) is 16.3 Å². The lowest BCUT2D eigenvalue weighted by molar-refractivity contribution is -0.231. The van der Waals surface area contributed by atoms with Gasteiger partial charge in [0, 0.05) is 17.6 Å². The average molecular weight is 406 g/mol. The van der Waals surface area contributed by atoms with Crippen molar-refractivity contribution < 1.29 is 25.2 Å². The van der Waals surface area contributed by atoms with Crippen LogP contribution in [-0.2, 0) is 11.2 Å². The highest BCUT2D eigenvalue weighted by molar-refractivity contribution is 6.31. The van der Waals surface area contributed by atoms with Gasteiger partial charge in [0.1, 0.15) is 36.8 Å². The van der Waals surface area contributed by atoms with E-state index in [1.54, 1.807) is 22.7 Å². The average Bonchev–Trinajstić information content (AvgIpc) is 3.16. The van der Waals surface area contributed by atoms with Crippen LogP contribution in [0, 0.1) is 0 Å². The third-order valence-corrected chi connectivity index (χ3v) is 5.39. The van der Waals surface area contributed by atoms with Gasteiger partial charge in [-0.05, 0) is 28.8 Å². The van der Waals surface area contributed by atoms with E-state index in [0.29, 0.717) is 17.0 Å². The SMILES string of the molecule is OC[C@H]1O[C@@H](c2ccc(Cl)c(Cc3ccc4ncnn4c3)c2)[C@H](O)[C@@H](O)[C@@H]1O. The number of halogens is 1. The zero-order valence-corrected chi connectivity index (χ0v) is 15.5. The van der Waals surface area contributed by atoms with Crippen molar-refractivity contribution in [3.63, 3.8) is 0 Å². The minimum atomic E-state index is -1.43. The highest BCUT2D eigenvalue weighted by atomic mass is 35.5. The summed E-state index contributed by atoms with van der Waals surface area (Å²) in [7, 11) is 0. The number of aromatic nitrogens is 3. The maximum absolute atomic E-state index is 10.4. The molecule has 28 heavy (non-hydrogen) atoms. The molecule has 5 atom stereocenters. The van der Waals surface area contributed by atoms with Gasteiger partial charge < -0.3 is 25.2 Å². The highest BCUT2D eigenvalue weighted by Gasteiger charge is 2.43. The van der Waals surface area contributed by atoms with Gasteiger partial charge in [0.05, 0.1) is 6.61 Å². The number of hydrogen-bond acceptors (Lipinski definition) is 7. The van der Waals surface area contributed by atoms with Crippen LogP contribution in [0.4, 0.5) is 0 Å². The highest BCUT2D eigenvalue weighted by Crippen LogP contribution is 2.34. The second kappa shape index (κ2) is 7.75.